The first-order valence-corrected chi connectivity index (χ1v) is 7.59. The van der Waals surface area contributed by atoms with Crippen LogP contribution in [-0.4, -0.2) is 21.6 Å². The normalized spacial score (nSPS) is 14.2. The van der Waals surface area contributed by atoms with E-state index < -0.39 is 0 Å². The predicted molar refractivity (Wildman–Crippen MR) is 85.3 cm³/mol. The average Bonchev–Trinajstić information content (AvgIpc) is 3.09. The molecule has 3 aromatic rings. The quantitative estimate of drug-likeness (QED) is 0.791. The van der Waals surface area contributed by atoms with Gasteiger partial charge in [-0.05, 0) is 42.2 Å². The van der Waals surface area contributed by atoms with E-state index >= 15 is 0 Å². The monoisotopic (exact) mass is 311 g/mol. The van der Waals surface area contributed by atoms with Crippen molar-refractivity contribution in [1.29, 1.82) is 0 Å². The summed E-state index contributed by atoms with van der Waals surface area (Å²) in [5.41, 5.74) is 3.90. The number of benzene rings is 1. The van der Waals surface area contributed by atoms with E-state index in [2.05, 4.69) is 22.5 Å². The van der Waals surface area contributed by atoms with Crippen LogP contribution in [-0.2, 0) is 12.8 Å². The molecule has 1 aromatic carbocycles. The molecule has 5 heteroatoms. The number of carbonyl (C=O) groups is 1. The van der Waals surface area contributed by atoms with Gasteiger partial charge in [-0.25, -0.2) is 4.52 Å². The molecule has 110 valence electrons. The van der Waals surface area contributed by atoms with Gasteiger partial charge in [0.05, 0.1) is 10.5 Å². The minimum Gasteiger partial charge on any atom is -0.347 e. The number of aromatic nitrogens is 2. The minimum absolute atomic E-state index is 0.137. The average molecular weight is 312 g/mol. The minimum atomic E-state index is -0.141. The third-order valence-corrected chi connectivity index (χ3v) is 4.27. The molecular formula is C17H14ClN3O. The lowest BCUT2D eigenvalue weighted by Gasteiger charge is -2.10. The van der Waals surface area contributed by atoms with Gasteiger partial charge in [0, 0.05) is 12.2 Å². The summed E-state index contributed by atoms with van der Waals surface area (Å²) in [4.78, 5) is 12.4. The van der Waals surface area contributed by atoms with E-state index in [1.807, 2.05) is 18.2 Å². The van der Waals surface area contributed by atoms with Crippen molar-refractivity contribution in [2.75, 3.05) is 0 Å². The van der Waals surface area contributed by atoms with Crippen LogP contribution in [0.5, 0.6) is 0 Å². The summed E-state index contributed by atoms with van der Waals surface area (Å²) in [6, 6.07) is 13.9. The molecule has 1 amide bonds. The summed E-state index contributed by atoms with van der Waals surface area (Å²) < 4.78 is 1.63. The number of carbonyl (C=O) groups excluding carboxylic acids is 1. The number of halogens is 1. The number of nitrogens with zero attached hydrogens (tertiary/aromatic N) is 2. The number of fused-ring (bicyclic) bond motifs is 2. The standard InChI is InChI=1S/C17H14ClN3O/c18-13-5-6-15-9-16(20-21(15)10-13)17(22)19-14-7-11-3-1-2-4-12(11)8-14/h1-6,9-10,14H,7-8H2,(H,19,22). The zero-order valence-corrected chi connectivity index (χ0v) is 12.5. The lowest BCUT2D eigenvalue weighted by Crippen LogP contribution is -2.35. The Hall–Kier alpha value is -2.33. The summed E-state index contributed by atoms with van der Waals surface area (Å²) in [6.07, 6.45) is 3.45. The summed E-state index contributed by atoms with van der Waals surface area (Å²) >= 11 is 5.94. The van der Waals surface area contributed by atoms with Crippen LogP contribution in [0.4, 0.5) is 0 Å². The van der Waals surface area contributed by atoms with Crippen molar-refractivity contribution in [2.24, 2.45) is 0 Å². The van der Waals surface area contributed by atoms with Crippen LogP contribution < -0.4 is 5.32 Å². The topological polar surface area (TPSA) is 46.4 Å². The molecule has 22 heavy (non-hydrogen) atoms. The zero-order chi connectivity index (χ0) is 15.1. The van der Waals surface area contributed by atoms with Crippen LogP contribution in [0.15, 0.2) is 48.7 Å². The maximum Gasteiger partial charge on any atom is 0.272 e. The van der Waals surface area contributed by atoms with Gasteiger partial charge in [-0.1, -0.05) is 35.9 Å². The van der Waals surface area contributed by atoms with Gasteiger partial charge in [0.25, 0.3) is 5.91 Å². The first-order chi connectivity index (χ1) is 10.7. The number of amides is 1. The number of nitrogens with one attached hydrogen (secondary N) is 1. The molecule has 0 saturated carbocycles. The fourth-order valence-corrected chi connectivity index (χ4v) is 3.15. The Morgan fingerprint density at radius 1 is 1.18 bits per heavy atom. The van der Waals surface area contributed by atoms with Crippen LogP contribution >= 0.6 is 11.6 Å². The fourth-order valence-electron chi connectivity index (χ4n) is 2.99. The molecule has 0 fully saturated rings. The molecule has 0 bridgehead atoms. The van der Waals surface area contributed by atoms with Crippen molar-refractivity contribution in [1.82, 2.24) is 14.9 Å². The molecule has 1 aliphatic carbocycles. The number of pyridine rings is 1. The van der Waals surface area contributed by atoms with Crippen molar-refractivity contribution < 1.29 is 4.79 Å². The smallest absolute Gasteiger partial charge is 0.272 e. The highest BCUT2D eigenvalue weighted by atomic mass is 35.5. The lowest BCUT2D eigenvalue weighted by atomic mass is 10.1. The third-order valence-electron chi connectivity index (χ3n) is 4.04. The van der Waals surface area contributed by atoms with Gasteiger partial charge < -0.3 is 5.32 Å². The van der Waals surface area contributed by atoms with Gasteiger partial charge in [-0.15, -0.1) is 0 Å². The molecule has 2 heterocycles. The van der Waals surface area contributed by atoms with Gasteiger partial charge in [-0.2, -0.15) is 5.10 Å². The molecule has 0 atom stereocenters. The number of hydrogen-bond acceptors (Lipinski definition) is 2. The van der Waals surface area contributed by atoms with Gasteiger partial charge in [-0.3, -0.25) is 4.79 Å². The van der Waals surface area contributed by atoms with Crippen molar-refractivity contribution in [3.05, 3.63) is 70.5 Å². The fraction of sp³-hybridized carbons (Fsp3) is 0.176. The van der Waals surface area contributed by atoms with Crippen molar-refractivity contribution in [3.8, 4) is 0 Å². The molecule has 1 aliphatic rings. The first-order valence-electron chi connectivity index (χ1n) is 7.21. The Bertz CT molecular complexity index is 846. The van der Waals surface area contributed by atoms with Gasteiger partial charge >= 0.3 is 0 Å². The molecule has 0 radical (unpaired) electrons. The second-order valence-corrected chi connectivity index (χ2v) is 6.03. The van der Waals surface area contributed by atoms with E-state index in [1.54, 1.807) is 22.8 Å². The molecule has 4 nitrogen and oxygen atoms in total. The summed E-state index contributed by atoms with van der Waals surface area (Å²) in [5, 5.41) is 7.95. The van der Waals surface area contributed by atoms with Crippen LogP contribution in [0.3, 0.4) is 0 Å². The maximum absolute atomic E-state index is 12.4. The molecular weight excluding hydrogens is 298 g/mol. The Morgan fingerprint density at radius 3 is 2.64 bits per heavy atom. The van der Waals surface area contributed by atoms with Crippen molar-refractivity contribution >= 4 is 23.0 Å². The molecule has 0 unspecified atom stereocenters. The van der Waals surface area contributed by atoms with Crippen LogP contribution in [0.2, 0.25) is 5.02 Å². The second kappa shape index (κ2) is 5.14. The van der Waals surface area contributed by atoms with E-state index in [9.17, 15) is 4.79 Å². The molecule has 0 aliphatic heterocycles. The lowest BCUT2D eigenvalue weighted by molar-refractivity contribution is 0.0933. The zero-order valence-electron chi connectivity index (χ0n) is 11.8. The van der Waals surface area contributed by atoms with E-state index in [-0.39, 0.29) is 11.9 Å². The predicted octanol–water partition coefficient (Wildman–Crippen LogP) is 2.88. The number of rotatable bonds is 2. The molecule has 4 rings (SSSR count). The third kappa shape index (κ3) is 2.35. The SMILES string of the molecule is O=C(NC1Cc2ccccc2C1)c1cc2ccc(Cl)cn2n1. The highest BCUT2D eigenvalue weighted by Crippen LogP contribution is 2.22. The Kier molecular flexibility index (Phi) is 3.12. The highest BCUT2D eigenvalue weighted by molar-refractivity contribution is 6.30. The summed E-state index contributed by atoms with van der Waals surface area (Å²) in [5.74, 6) is -0.141. The van der Waals surface area contributed by atoms with Crippen LogP contribution in [0.1, 0.15) is 21.6 Å². The molecule has 0 spiro atoms. The number of hydrogen-bond donors (Lipinski definition) is 1. The van der Waals surface area contributed by atoms with Crippen molar-refractivity contribution in [2.45, 2.75) is 18.9 Å². The molecule has 1 N–H and O–H groups in total. The van der Waals surface area contributed by atoms with Crippen LogP contribution in [0.25, 0.3) is 5.52 Å². The van der Waals surface area contributed by atoms with E-state index in [4.69, 9.17) is 11.6 Å². The Balaban J connectivity index is 1.52. The van der Waals surface area contributed by atoms with Crippen molar-refractivity contribution in [3.63, 3.8) is 0 Å². The Morgan fingerprint density at radius 2 is 1.91 bits per heavy atom. The highest BCUT2D eigenvalue weighted by Gasteiger charge is 2.23. The van der Waals surface area contributed by atoms with Gasteiger partial charge in [0.15, 0.2) is 5.69 Å². The van der Waals surface area contributed by atoms with E-state index in [0.29, 0.717) is 10.7 Å². The maximum atomic E-state index is 12.4. The summed E-state index contributed by atoms with van der Waals surface area (Å²) in [7, 11) is 0. The van der Waals surface area contributed by atoms with Gasteiger partial charge in [0.1, 0.15) is 0 Å². The van der Waals surface area contributed by atoms with Crippen LogP contribution in [0, 0.1) is 0 Å². The Labute approximate surface area is 132 Å². The van der Waals surface area contributed by atoms with Gasteiger partial charge in [0.2, 0.25) is 0 Å². The van der Waals surface area contributed by atoms with E-state index in [0.717, 1.165) is 18.4 Å². The second-order valence-electron chi connectivity index (χ2n) is 5.59. The molecule has 2 aromatic heterocycles. The molecule has 0 saturated heterocycles. The van der Waals surface area contributed by atoms with E-state index in [1.165, 1.54) is 11.1 Å². The largest absolute Gasteiger partial charge is 0.347 e. The summed E-state index contributed by atoms with van der Waals surface area (Å²) in [6.45, 7) is 0. The first kappa shape index (κ1) is 13.3.